The summed E-state index contributed by atoms with van der Waals surface area (Å²) in [4.78, 5) is 6.61. The molecule has 0 spiro atoms. The first kappa shape index (κ1) is 21.2. The molecule has 0 aromatic heterocycles. The fourth-order valence-corrected chi connectivity index (χ4v) is 1.77. The van der Waals surface area contributed by atoms with Crippen LogP contribution in [0, 0.1) is 0 Å². The second-order valence-electron chi connectivity index (χ2n) is 4.38. The number of guanidine groups is 1. The molecule has 0 aliphatic rings. The highest BCUT2D eigenvalue weighted by molar-refractivity contribution is 14.0. The Morgan fingerprint density at radius 2 is 1.95 bits per heavy atom. The molecular formula is C13H31IN4O. The normalized spacial score (nSPS) is 13.1. The minimum atomic E-state index is 0. The average Bonchev–Trinajstić information content (AvgIpc) is 2.37. The summed E-state index contributed by atoms with van der Waals surface area (Å²) in [6, 6.07) is 0.268. The van der Waals surface area contributed by atoms with E-state index in [0.717, 1.165) is 38.6 Å². The van der Waals surface area contributed by atoms with Gasteiger partial charge in [-0.15, -0.1) is 24.0 Å². The van der Waals surface area contributed by atoms with Crippen LogP contribution < -0.4 is 10.6 Å². The quantitative estimate of drug-likeness (QED) is 0.273. The van der Waals surface area contributed by atoms with Crippen LogP contribution in [0.2, 0.25) is 0 Å². The van der Waals surface area contributed by atoms with Crippen LogP contribution in [-0.4, -0.2) is 63.8 Å². The minimum absolute atomic E-state index is 0. The summed E-state index contributed by atoms with van der Waals surface area (Å²) in [5.41, 5.74) is 0. The molecule has 0 bridgehead atoms. The Balaban J connectivity index is 0. The number of nitrogens with one attached hydrogen (secondary N) is 2. The summed E-state index contributed by atoms with van der Waals surface area (Å²) < 4.78 is 5.08. The summed E-state index contributed by atoms with van der Waals surface area (Å²) in [5, 5.41) is 6.60. The summed E-state index contributed by atoms with van der Waals surface area (Å²) >= 11 is 0. The standard InChI is InChI=1S/C13H30N4O.HI/c1-6-17(7-2)10-8-9-15-13(14-4)16-12(3)11-18-5;/h12H,6-11H2,1-5H3,(H2,14,15,16);1H. The maximum atomic E-state index is 5.08. The lowest BCUT2D eigenvalue weighted by molar-refractivity contribution is 0.179. The van der Waals surface area contributed by atoms with Crippen molar-refractivity contribution in [2.45, 2.75) is 33.2 Å². The third-order valence-corrected chi connectivity index (χ3v) is 2.86. The number of nitrogens with zero attached hydrogens (tertiary/aromatic N) is 2. The van der Waals surface area contributed by atoms with E-state index >= 15 is 0 Å². The fraction of sp³-hybridized carbons (Fsp3) is 0.923. The van der Waals surface area contributed by atoms with Crippen molar-refractivity contribution >= 4 is 29.9 Å². The molecule has 0 aliphatic carbocycles. The highest BCUT2D eigenvalue weighted by Gasteiger charge is 2.04. The molecule has 116 valence electrons. The maximum absolute atomic E-state index is 5.08. The second-order valence-corrected chi connectivity index (χ2v) is 4.38. The zero-order valence-electron chi connectivity index (χ0n) is 13.0. The lowest BCUT2D eigenvalue weighted by Gasteiger charge is -2.19. The number of hydrogen-bond donors (Lipinski definition) is 2. The predicted molar refractivity (Wildman–Crippen MR) is 93.7 cm³/mol. The molecular weight excluding hydrogens is 355 g/mol. The van der Waals surface area contributed by atoms with Crippen LogP contribution in [0.4, 0.5) is 0 Å². The molecule has 0 amide bonds. The van der Waals surface area contributed by atoms with E-state index in [-0.39, 0.29) is 30.0 Å². The lowest BCUT2D eigenvalue weighted by Crippen LogP contribution is -2.44. The molecule has 0 aromatic rings. The van der Waals surface area contributed by atoms with Crippen molar-refractivity contribution < 1.29 is 4.74 Å². The molecule has 0 saturated carbocycles. The molecule has 1 unspecified atom stereocenters. The Bertz CT molecular complexity index is 223. The first-order valence-electron chi connectivity index (χ1n) is 6.86. The van der Waals surface area contributed by atoms with Crippen molar-refractivity contribution in [3.63, 3.8) is 0 Å². The van der Waals surface area contributed by atoms with Gasteiger partial charge >= 0.3 is 0 Å². The van der Waals surface area contributed by atoms with E-state index in [4.69, 9.17) is 4.74 Å². The topological polar surface area (TPSA) is 48.9 Å². The van der Waals surface area contributed by atoms with Crippen LogP contribution in [0.15, 0.2) is 4.99 Å². The number of methoxy groups -OCH3 is 1. The Morgan fingerprint density at radius 3 is 2.42 bits per heavy atom. The Labute approximate surface area is 135 Å². The van der Waals surface area contributed by atoms with Crippen molar-refractivity contribution in [2.24, 2.45) is 4.99 Å². The summed E-state index contributed by atoms with van der Waals surface area (Å²) in [5.74, 6) is 0.846. The van der Waals surface area contributed by atoms with Crippen LogP contribution >= 0.6 is 24.0 Å². The molecule has 0 fully saturated rings. The van der Waals surface area contributed by atoms with Crippen LogP contribution in [0.1, 0.15) is 27.2 Å². The summed E-state index contributed by atoms with van der Waals surface area (Å²) in [6.07, 6.45) is 1.13. The van der Waals surface area contributed by atoms with Gasteiger partial charge in [0.15, 0.2) is 5.96 Å². The second kappa shape index (κ2) is 14.3. The number of ether oxygens (including phenoxy) is 1. The Morgan fingerprint density at radius 1 is 1.32 bits per heavy atom. The van der Waals surface area contributed by atoms with Gasteiger partial charge in [0.05, 0.1) is 6.61 Å². The van der Waals surface area contributed by atoms with Crippen LogP contribution in [-0.2, 0) is 4.74 Å². The number of aliphatic imine (C=N–C) groups is 1. The monoisotopic (exact) mass is 386 g/mol. The zero-order valence-corrected chi connectivity index (χ0v) is 15.4. The molecule has 2 N–H and O–H groups in total. The molecule has 0 rings (SSSR count). The van der Waals surface area contributed by atoms with E-state index in [1.165, 1.54) is 0 Å². The first-order chi connectivity index (χ1) is 8.67. The molecule has 0 aliphatic heterocycles. The van der Waals surface area contributed by atoms with Crippen LogP contribution in [0.3, 0.4) is 0 Å². The minimum Gasteiger partial charge on any atom is -0.383 e. The molecule has 1 atom stereocenters. The van der Waals surface area contributed by atoms with E-state index in [2.05, 4.69) is 41.3 Å². The molecule has 0 heterocycles. The van der Waals surface area contributed by atoms with Crippen LogP contribution in [0.25, 0.3) is 0 Å². The number of hydrogen-bond acceptors (Lipinski definition) is 3. The van der Waals surface area contributed by atoms with E-state index in [1.807, 2.05) is 0 Å². The number of halogens is 1. The van der Waals surface area contributed by atoms with E-state index < -0.39 is 0 Å². The van der Waals surface area contributed by atoms with Crippen molar-refractivity contribution in [1.82, 2.24) is 15.5 Å². The van der Waals surface area contributed by atoms with Crippen molar-refractivity contribution in [3.05, 3.63) is 0 Å². The Kier molecular flexibility index (Phi) is 16.0. The van der Waals surface area contributed by atoms with Crippen LogP contribution in [0.5, 0.6) is 0 Å². The largest absolute Gasteiger partial charge is 0.383 e. The maximum Gasteiger partial charge on any atom is 0.191 e. The summed E-state index contributed by atoms with van der Waals surface area (Å²) in [6.45, 7) is 11.5. The van der Waals surface area contributed by atoms with Gasteiger partial charge in [-0.3, -0.25) is 4.99 Å². The highest BCUT2D eigenvalue weighted by atomic mass is 127. The van der Waals surface area contributed by atoms with E-state index in [1.54, 1.807) is 14.2 Å². The highest BCUT2D eigenvalue weighted by Crippen LogP contribution is 1.89. The Hall–Kier alpha value is -0.0800. The molecule has 0 radical (unpaired) electrons. The lowest BCUT2D eigenvalue weighted by atomic mass is 10.3. The molecule has 19 heavy (non-hydrogen) atoms. The smallest absolute Gasteiger partial charge is 0.191 e. The van der Waals surface area contributed by atoms with Crippen molar-refractivity contribution in [3.8, 4) is 0 Å². The van der Waals surface area contributed by atoms with Gasteiger partial charge in [0.2, 0.25) is 0 Å². The van der Waals surface area contributed by atoms with E-state index in [9.17, 15) is 0 Å². The van der Waals surface area contributed by atoms with Gasteiger partial charge < -0.3 is 20.3 Å². The molecule has 6 heteroatoms. The molecule has 5 nitrogen and oxygen atoms in total. The van der Waals surface area contributed by atoms with Gasteiger partial charge in [-0.05, 0) is 33.0 Å². The van der Waals surface area contributed by atoms with Crippen molar-refractivity contribution in [2.75, 3.05) is 46.9 Å². The van der Waals surface area contributed by atoms with E-state index in [0.29, 0.717) is 6.61 Å². The third-order valence-electron chi connectivity index (χ3n) is 2.86. The third kappa shape index (κ3) is 11.4. The van der Waals surface area contributed by atoms with Gasteiger partial charge in [0.1, 0.15) is 0 Å². The molecule has 0 saturated heterocycles. The van der Waals surface area contributed by atoms with Gasteiger partial charge in [-0.2, -0.15) is 0 Å². The van der Waals surface area contributed by atoms with Gasteiger partial charge in [0.25, 0.3) is 0 Å². The fourth-order valence-electron chi connectivity index (χ4n) is 1.77. The molecule has 0 aromatic carbocycles. The van der Waals surface area contributed by atoms with Gasteiger partial charge in [-0.25, -0.2) is 0 Å². The van der Waals surface area contributed by atoms with Gasteiger partial charge in [-0.1, -0.05) is 13.8 Å². The first-order valence-corrected chi connectivity index (χ1v) is 6.86. The van der Waals surface area contributed by atoms with Gasteiger partial charge in [0, 0.05) is 26.7 Å². The van der Waals surface area contributed by atoms with Crippen molar-refractivity contribution in [1.29, 1.82) is 0 Å². The predicted octanol–water partition coefficient (Wildman–Crippen LogP) is 1.54. The summed E-state index contributed by atoms with van der Waals surface area (Å²) in [7, 11) is 3.50. The average molecular weight is 386 g/mol. The number of rotatable bonds is 9. The zero-order chi connectivity index (χ0) is 13.8. The SMILES string of the molecule is CCN(CC)CCCNC(=NC)NC(C)COC.I.